The zero-order chi connectivity index (χ0) is 8.97. The maximum Gasteiger partial charge on any atom is 0.129 e. The molecule has 0 aliphatic carbocycles. The summed E-state index contributed by atoms with van der Waals surface area (Å²) in [5.74, 6) is 0. The third-order valence-electron chi connectivity index (χ3n) is 1.24. The predicted molar refractivity (Wildman–Crippen MR) is 55.2 cm³/mol. The summed E-state index contributed by atoms with van der Waals surface area (Å²) in [4.78, 5) is 3.85. The molecule has 12 heavy (non-hydrogen) atoms. The van der Waals surface area contributed by atoms with E-state index < -0.39 is 0 Å². The molecule has 0 aliphatic rings. The number of pyridine rings is 1. The summed E-state index contributed by atoms with van der Waals surface area (Å²) >= 11 is 12.5. The molecule has 0 aromatic carbocycles. The van der Waals surface area contributed by atoms with E-state index in [4.69, 9.17) is 23.4 Å². The van der Waals surface area contributed by atoms with Gasteiger partial charge < -0.3 is 0 Å². The topological polar surface area (TPSA) is 25.2 Å². The minimum atomic E-state index is 0.444. The molecule has 0 N–H and O–H groups in total. The Morgan fingerprint density at radius 3 is 2.92 bits per heavy atom. The molecule has 0 radical (unpaired) electrons. The third-order valence-corrected chi connectivity index (χ3v) is 2.43. The minimum absolute atomic E-state index is 0.444. The van der Waals surface area contributed by atoms with Crippen molar-refractivity contribution in [3.8, 4) is 0 Å². The van der Waals surface area contributed by atoms with Crippen LogP contribution in [0.15, 0.2) is 22.8 Å². The number of aromatic nitrogens is 1. The van der Waals surface area contributed by atoms with Gasteiger partial charge in [0, 0.05) is 23.5 Å². The van der Waals surface area contributed by atoms with Gasteiger partial charge in [-0.05, 0) is 18.4 Å². The van der Waals surface area contributed by atoms with E-state index in [0.717, 1.165) is 10.6 Å². The Labute approximate surface area is 85.1 Å². The van der Waals surface area contributed by atoms with Crippen LogP contribution in [0.5, 0.6) is 0 Å². The normalized spacial score (nSPS) is 11.8. The van der Waals surface area contributed by atoms with Crippen LogP contribution < -0.4 is 0 Å². The summed E-state index contributed by atoms with van der Waals surface area (Å²) in [6, 6.07) is 3.53. The second kappa shape index (κ2) is 4.70. The largest absolute Gasteiger partial charge is 0.245 e. The zero-order valence-corrected chi connectivity index (χ0v) is 8.62. The van der Waals surface area contributed by atoms with Gasteiger partial charge in [-0.1, -0.05) is 11.6 Å². The SMILES string of the molecule is CSC(=NCl)c1ccnc(Cl)c1. The van der Waals surface area contributed by atoms with E-state index in [9.17, 15) is 0 Å². The number of hydrogen-bond acceptors (Lipinski definition) is 3. The van der Waals surface area contributed by atoms with Gasteiger partial charge in [0.05, 0.1) is 0 Å². The molecule has 0 spiro atoms. The van der Waals surface area contributed by atoms with Gasteiger partial charge in [-0.15, -0.1) is 11.8 Å². The summed E-state index contributed by atoms with van der Waals surface area (Å²) in [5, 5.41) is 1.18. The fourth-order valence-corrected chi connectivity index (χ4v) is 1.65. The zero-order valence-electron chi connectivity index (χ0n) is 6.29. The predicted octanol–water partition coefficient (Wildman–Crippen LogP) is 3.00. The molecule has 1 rings (SSSR count). The average molecular weight is 221 g/mol. The molecule has 0 amide bonds. The average Bonchev–Trinajstić information content (AvgIpc) is 2.07. The number of nitrogens with zero attached hydrogens (tertiary/aromatic N) is 2. The summed E-state index contributed by atoms with van der Waals surface area (Å²) < 4.78 is 3.58. The van der Waals surface area contributed by atoms with Crippen molar-refractivity contribution in [1.29, 1.82) is 0 Å². The second-order valence-corrected chi connectivity index (χ2v) is 3.31. The van der Waals surface area contributed by atoms with Gasteiger partial charge in [-0.2, -0.15) is 4.51 Å². The first kappa shape index (κ1) is 9.84. The highest BCUT2D eigenvalue weighted by molar-refractivity contribution is 8.13. The molecule has 0 aliphatic heterocycles. The molecule has 0 saturated heterocycles. The van der Waals surface area contributed by atoms with Crippen molar-refractivity contribution >= 4 is 40.2 Å². The van der Waals surface area contributed by atoms with Crippen molar-refractivity contribution in [2.45, 2.75) is 0 Å². The molecule has 64 valence electrons. The highest BCUT2D eigenvalue weighted by Gasteiger charge is 2.01. The van der Waals surface area contributed by atoms with Gasteiger partial charge in [0.15, 0.2) is 0 Å². The minimum Gasteiger partial charge on any atom is -0.245 e. The van der Waals surface area contributed by atoms with Crippen LogP contribution in [0.3, 0.4) is 0 Å². The quantitative estimate of drug-likeness (QED) is 0.413. The summed E-state index contributed by atoms with van der Waals surface area (Å²) in [7, 11) is 0. The first-order valence-electron chi connectivity index (χ1n) is 3.13. The Morgan fingerprint density at radius 2 is 2.42 bits per heavy atom. The molecule has 1 aromatic rings. The van der Waals surface area contributed by atoms with Gasteiger partial charge in [0.1, 0.15) is 10.2 Å². The molecule has 0 atom stereocenters. The van der Waals surface area contributed by atoms with Crippen molar-refractivity contribution in [2.75, 3.05) is 6.26 Å². The Morgan fingerprint density at radius 1 is 1.67 bits per heavy atom. The van der Waals surface area contributed by atoms with Crippen LogP contribution in [0.4, 0.5) is 0 Å². The molecular weight excluding hydrogens is 215 g/mol. The van der Waals surface area contributed by atoms with E-state index in [1.165, 1.54) is 11.8 Å². The van der Waals surface area contributed by atoms with E-state index in [2.05, 4.69) is 9.50 Å². The maximum absolute atomic E-state index is 5.68. The lowest BCUT2D eigenvalue weighted by Gasteiger charge is -1.99. The van der Waals surface area contributed by atoms with Crippen LogP contribution >= 0.6 is 35.1 Å². The van der Waals surface area contributed by atoms with Gasteiger partial charge in [0.25, 0.3) is 0 Å². The third kappa shape index (κ3) is 2.37. The Hall–Kier alpha value is -0.250. The van der Waals surface area contributed by atoms with Crippen molar-refractivity contribution in [3.05, 3.63) is 29.0 Å². The molecular formula is C7H6Cl2N2S. The summed E-state index contributed by atoms with van der Waals surface area (Å²) in [6.07, 6.45) is 3.52. The standard InChI is InChI=1S/C7H6Cl2N2S/c1-12-7(11-9)5-2-3-10-6(8)4-5/h2-4H,1H3. The highest BCUT2D eigenvalue weighted by Crippen LogP contribution is 2.14. The monoisotopic (exact) mass is 220 g/mol. The van der Waals surface area contributed by atoms with E-state index in [1.54, 1.807) is 12.3 Å². The Kier molecular flexibility index (Phi) is 3.85. The Bertz CT molecular complexity index is 301. The fraction of sp³-hybridized carbons (Fsp3) is 0.143. The van der Waals surface area contributed by atoms with E-state index in [1.807, 2.05) is 12.3 Å². The van der Waals surface area contributed by atoms with Crippen molar-refractivity contribution in [1.82, 2.24) is 4.98 Å². The van der Waals surface area contributed by atoms with Crippen LogP contribution in [0, 0.1) is 0 Å². The lowest BCUT2D eigenvalue weighted by molar-refractivity contribution is 1.32. The van der Waals surface area contributed by atoms with Gasteiger partial charge in [-0.3, -0.25) is 0 Å². The van der Waals surface area contributed by atoms with E-state index in [-0.39, 0.29) is 0 Å². The lowest BCUT2D eigenvalue weighted by atomic mass is 10.3. The molecule has 1 aromatic heterocycles. The smallest absolute Gasteiger partial charge is 0.129 e. The highest BCUT2D eigenvalue weighted by atomic mass is 35.5. The number of halogens is 2. The fourth-order valence-electron chi connectivity index (χ4n) is 0.737. The Balaban J connectivity index is 3.02. The van der Waals surface area contributed by atoms with Gasteiger partial charge in [0.2, 0.25) is 0 Å². The lowest BCUT2D eigenvalue weighted by Crippen LogP contribution is -1.93. The van der Waals surface area contributed by atoms with Crippen LogP contribution in [0.2, 0.25) is 5.15 Å². The van der Waals surface area contributed by atoms with Crippen LogP contribution in [-0.4, -0.2) is 16.3 Å². The first-order valence-corrected chi connectivity index (χ1v) is 5.07. The molecule has 2 nitrogen and oxygen atoms in total. The van der Waals surface area contributed by atoms with Crippen molar-refractivity contribution in [2.24, 2.45) is 4.51 Å². The van der Waals surface area contributed by atoms with Crippen LogP contribution in [0.25, 0.3) is 0 Å². The molecule has 0 saturated carbocycles. The molecule has 5 heteroatoms. The number of rotatable bonds is 1. The molecule has 0 fully saturated rings. The summed E-state index contributed by atoms with van der Waals surface area (Å²) in [6.45, 7) is 0. The van der Waals surface area contributed by atoms with E-state index >= 15 is 0 Å². The maximum atomic E-state index is 5.68. The van der Waals surface area contributed by atoms with Crippen molar-refractivity contribution in [3.63, 3.8) is 0 Å². The molecule has 0 bridgehead atoms. The van der Waals surface area contributed by atoms with Crippen LogP contribution in [0.1, 0.15) is 5.56 Å². The number of hydrogen-bond donors (Lipinski definition) is 0. The second-order valence-electron chi connectivity index (χ2n) is 1.96. The van der Waals surface area contributed by atoms with Crippen LogP contribution in [-0.2, 0) is 0 Å². The van der Waals surface area contributed by atoms with Gasteiger partial charge >= 0.3 is 0 Å². The molecule has 0 unspecified atom stereocenters. The summed E-state index contributed by atoms with van der Waals surface area (Å²) in [5.41, 5.74) is 0.887. The van der Waals surface area contributed by atoms with E-state index in [0.29, 0.717) is 5.15 Å². The van der Waals surface area contributed by atoms with Gasteiger partial charge in [-0.25, -0.2) is 4.98 Å². The number of thioether (sulfide) groups is 1. The first-order chi connectivity index (χ1) is 5.77. The molecule has 1 heterocycles. The van der Waals surface area contributed by atoms with Crippen molar-refractivity contribution < 1.29 is 0 Å².